The number of fused-ring (bicyclic) bond motifs is 1. The highest BCUT2D eigenvalue weighted by molar-refractivity contribution is 7.10. The van der Waals surface area contributed by atoms with Gasteiger partial charge in [-0.05, 0) is 30.5 Å². The molecule has 1 aliphatic heterocycles. The maximum Gasteiger partial charge on any atom is 0.261 e. The number of hydrogen-bond acceptors (Lipinski definition) is 4. The molecule has 0 spiro atoms. The van der Waals surface area contributed by atoms with Gasteiger partial charge in [-0.3, -0.25) is 19.5 Å². The third-order valence-corrected chi connectivity index (χ3v) is 5.51. The number of nitrogens with one attached hydrogen (secondary N) is 2. The standard InChI is InChI=1S/C20H24N4O2S/c1-3-21-20(23-13-14(2)17-9-6-12-27-17)22-10-11-24-18(25)15-7-4-5-8-16(15)19(24)26/h4-9,12,14H,3,10-11,13H2,1-2H3,(H2,21,22,23). The van der Waals surface area contributed by atoms with E-state index in [0.717, 1.165) is 6.54 Å². The van der Waals surface area contributed by atoms with Crippen molar-refractivity contribution in [3.8, 4) is 0 Å². The normalized spacial score (nSPS) is 15.0. The summed E-state index contributed by atoms with van der Waals surface area (Å²) in [5.74, 6) is 0.575. The SMILES string of the molecule is CCNC(=NCC(C)c1cccs1)NCCN1C(=O)c2ccccc2C1=O. The van der Waals surface area contributed by atoms with Crippen LogP contribution < -0.4 is 10.6 Å². The zero-order valence-electron chi connectivity index (χ0n) is 15.6. The number of imide groups is 1. The summed E-state index contributed by atoms with van der Waals surface area (Å²) in [5.41, 5.74) is 0.959. The molecule has 0 saturated carbocycles. The van der Waals surface area contributed by atoms with Gasteiger partial charge in [0.2, 0.25) is 0 Å². The maximum absolute atomic E-state index is 12.4. The van der Waals surface area contributed by atoms with E-state index < -0.39 is 0 Å². The summed E-state index contributed by atoms with van der Waals surface area (Å²) in [5, 5.41) is 8.48. The van der Waals surface area contributed by atoms with Gasteiger partial charge < -0.3 is 10.6 Å². The number of aliphatic imine (C=N–C) groups is 1. The van der Waals surface area contributed by atoms with Crippen LogP contribution in [0, 0.1) is 0 Å². The molecule has 2 amide bonds. The molecule has 1 aliphatic rings. The van der Waals surface area contributed by atoms with Crippen LogP contribution in [0.1, 0.15) is 45.4 Å². The van der Waals surface area contributed by atoms with Crippen LogP contribution in [-0.4, -0.2) is 48.9 Å². The Morgan fingerprint density at radius 2 is 1.81 bits per heavy atom. The van der Waals surface area contributed by atoms with Gasteiger partial charge in [0.25, 0.3) is 11.8 Å². The Bertz CT molecular complexity index is 797. The van der Waals surface area contributed by atoms with Gasteiger partial charge in [0.1, 0.15) is 0 Å². The van der Waals surface area contributed by atoms with Crippen LogP contribution in [0.5, 0.6) is 0 Å². The molecule has 27 heavy (non-hydrogen) atoms. The monoisotopic (exact) mass is 384 g/mol. The summed E-state index contributed by atoms with van der Waals surface area (Å²) < 4.78 is 0. The minimum absolute atomic E-state index is 0.231. The summed E-state index contributed by atoms with van der Waals surface area (Å²) >= 11 is 1.73. The fourth-order valence-corrected chi connectivity index (χ4v) is 3.74. The summed E-state index contributed by atoms with van der Waals surface area (Å²) in [7, 11) is 0. The molecule has 2 aromatic rings. The van der Waals surface area contributed by atoms with Crippen LogP contribution in [0.4, 0.5) is 0 Å². The van der Waals surface area contributed by atoms with Crippen molar-refractivity contribution in [1.82, 2.24) is 15.5 Å². The zero-order chi connectivity index (χ0) is 19.2. The average molecular weight is 385 g/mol. The van der Waals surface area contributed by atoms with E-state index in [-0.39, 0.29) is 11.8 Å². The number of nitrogens with zero attached hydrogens (tertiary/aromatic N) is 2. The van der Waals surface area contributed by atoms with Crippen molar-refractivity contribution >= 4 is 29.1 Å². The molecule has 0 bridgehead atoms. The first-order chi connectivity index (χ1) is 13.1. The Hall–Kier alpha value is -2.67. The smallest absolute Gasteiger partial charge is 0.261 e. The average Bonchev–Trinajstić information content (AvgIpc) is 3.30. The molecule has 1 aromatic carbocycles. The molecule has 1 unspecified atom stereocenters. The van der Waals surface area contributed by atoms with Crippen molar-refractivity contribution < 1.29 is 9.59 Å². The Morgan fingerprint density at radius 1 is 1.11 bits per heavy atom. The van der Waals surface area contributed by atoms with Crippen LogP contribution in [0.2, 0.25) is 0 Å². The predicted molar refractivity (Wildman–Crippen MR) is 109 cm³/mol. The molecular formula is C20H24N4O2S. The highest BCUT2D eigenvalue weighted by atomic mass is 32.1. The molecule has 6 nitrogen and oxygen atoms in total. The van der Waals surface area contributed by atoms with Crippen molar-refractivity contribution in [2.24, 2.45) is 4.99 Å². The summed E-state index contributed by atoms with van der Waals surface area (Å²) in [4.78, 5) is 32.0. The van der Waals surface area contributed by atoms with Gasteiger partial charge in [-0.1, -0.05) is 25.1 Å². The van der Waals surface area contributed by atoms with E-state index in [1.54, 1.807) is 35.6 Å². The van der Waals surface area contributed by atoms with E-state index in [1.165, 1.54) is 9.78 Å². The lowest BCUT2D eigenvalue weighted by Gasteiger charge is -2.17. The molecule has 2 heterocycles. The third kappa shape index (κ3) is 4.36. The summed E-state index contributed by atoms with van der Waals surface area (Å²) in [6.45, 7) is 6.32. The first kappa shape index (κ1) is 19.1. The molecule has 0 aliphatic carbocycles. The second kappa shape index (κ2) is 8.81. The van der Waals surface area contributed by atoms with E-state index in [4.69, 9.17) is 0 Å². The first-order valence-corrected chi connectivity index (χ1v) is 10.0. The Kier molecular flexibility index (Phi) is 6.24. The van der Waals surface area contributed by atoms with Crippen molar-refractivity contribution in [3.63, 3.8) is 0 Å². The van der Waals surface area contributed by atoms with E-state index >= 15 is 0 Å². The van der Waals surface area contributed by atoms with Crippen LogP contribution >= 0.6 is 11.3 Å². The number of amides is 2. The minimum atomic E-state index is -0.231. The number of guanidine groups is 1. The maximum atomic E-state index is 12.4. The molecule has 0 fully saturated rings. The van der Waals surface area contributed by atoms with Gasteiger partial charge >= 0.3 is 0 Å². The van der Waals surface area contributed by atoms with Gasteiger partial charge in [0.05, 0.1) is 17.7 Å². The Balaban J connectivity index is 1.55. The van der Waals surface area contributed by atoms with Crippen LogP contribution in [-0.2, 0) is 0 Å². The topological polar surface area (TPSA) is 73.8 Å². The van der Waals surface area contributed by atoms with Crippen molar-refractivity contribution in [2.45, 2.75) is 19.8 Å². The van der Waals surface area contributed by atoms with Crippen molar-refractivity contribution in [2.75, 3.05) is 26.2 Å². The lowest BCUT2D eigenvalue weighted by molar-refractivity contribution is 0.0657. The molecule has 0 radical (unpaired) electrons. The summed E-state index contributed by atoms with van der Waals surface area (Å²) in [6.07, 6.45) is 0. The number of thiophene rings is 1. The molecule has 0 saturated heterocycles. The quantitative estimate of drug-likeness (QED) is 0.437. The molecule has 142 valence electrons. The minimum Gasteiger partial charge on any atom is -0.357 e. The van der Waals surface area contributed by atoms with E-state index in [1.807, 2.05) is 13.0 Å². The summed E-state index contributed by atoms with van der Waals surface area (Å²) in [6, 6.07) is 11.1. The predicted octanol–water partition coefficient (Wildman–Crippen LogP) is 2.70. The fourth-order valence-electron chi connectivity index (χ4n) is 2.96. The van der Waals surface area contributed by atoms with E-state index in [2.05, 4.69) is 34.0 Å². The third-order valence-electron chi connectivity index (χ3n) is 4.40. The van der Waals surface area contributed by atoms with Crippen molar-refractivity contribution in [3.05, 3.63) is 57.8 Å². The van der Waals surface area contributed by atoms with Gasteiger partial charge in [-0.25, -0.2) is 0 Å². The van der Waals surface area contributed by atoms with Gasteiger partial charge in [-0.15, -0.1) is 11.3 Å². The van der Waals surface area contributed by atoms with Gasteiger partial charge in [0, 0.05) is 30.4 Å². The number of carbonyl (C=O) groups excluding carboxylic acids is 2. The highest BCUT2D eigenvalue weighted by Gasteiger charge is 2.34. The number of rotatable bonds is 7. The molecule has 2 N–H and O–H groups in total. The van der Waals surface area contributed by atoms with E-state index in [9.17, 15) is 9.59 Å². The molecule has 1 aromatic heterocycles. The van der Waals surface area contributed by atoms with Crippen LogP contribution in [0.25, 0.3) is 0 Å². The molecule has 1 atom stereocenters. The zero-order valence-corrected chi connectivity index (χ0v) is 16.4. The number of carbonyl (C=O) groups is 2. The fraction of sp³-hybridized carbons (Fsp3) is 0.350. The molecular weight excluding hydrogens is 360 g/mol. The second-order valence-electron chi connectivity index (χ2n) is 6.37. The largest absolute Gasteiger partial charge is 0.357 e. The second-order valence-corrected chi connectivity index (χ2v) is 7.35. The van der Waals surface area contributed by atoms with Crippen LogP contribution in [0.15, 0.2) is 46.8 Å². The number of hydrogen-bond donors (Lipinski definition) is 2. The lowest BCUT2D eigenvalue weighted by atomic mass is 10.1. The number of benzene rings is 1. The van der Waals surface area contributed by atoms with Gasteiger partial charge in [0.15, 0.2) is 5.96 Å². The highest BCUT2D eigenvalue weighted by Crippen LogP contribution is 2.22. The van der Waals surface area contributed by atoms with Gasteiger partial charge in [-0.2, -0.15) is 0 Å². The first-order valence-electron chi connectivity index (χ1n) is 9.12. The Labute approximate surface area is 163 Å². The lowest BCUT2D eigenvalue weighted by Crippen LogP contribution is -2.43. The molecule has 3 rings (SSSR count). The molecule has 7 heteroatoms. The van der Waals surface area contributed by atoms with Crippen molar-refractivity contribution in [1.29, 1.82) is 0 Å². The Morgan fingerprint density at radius 3 is 2.41 bits per heavy atom. The van der Waals surface area contributed by atoms with E-state index in [0.29, 0.717) is 42.6 Å². The van der Waals surface area contributed by atoms with Crippen LogP contribution in [0.3, 0.4) is 0 Å².